The zero-order valence-corrected chi connectivity index (χ0v) is 11.4. The Morgan fingerprint density at radius 1 is 1.17 bits per heavy atom. The van der Waals surface area contributed by atoms with Gasteiger partial charge in [0.2, 0.25) is 5.91 Å². The predicted molar refractivity (Wildman–Crippen MR) is 72.3 cm³/mol. The second-order valence-electron chi connectivity index (χ2n) is 5.55. The quantitative estimate of drug-likeness (QED) is 0.721. The molecule has 2 heterocycles. The van der Waals surface area contributed by atoms with Crippen molar-refractivity contribution < 1.29 is 4.79 Å². The van der Waals surface area contributed by atoms with Crippen LogP contribution in [0.3, 0.4) is 0 Å². The molecule has 2 aliphatic heterocycles. The summed E-state index contributed by atoms with van der Waals surface area (Å²) in [5, 5.41) is 2.69. The summed E-state index contributed by atoms with van der Waals surface area (Å²) in [6.45, 7) is 4.94. The molecule has 0 aromatic heterocycles. The highest BCUT2D eigenvalue weighted by atomic mass is 16.1. The van der Waals surface area contributed by atoms with Crippen molar-refractivity contribution in [3.63, 3.8) is 0 Å². The standard InChI is InChI=1S/C13H26N4O/c1-15-13(18)10-16-6-4-12(5-7-16)17-8-2-11(14)3-9-17/h11-12H,2-10,14H2,1H3,(H,15,18). The number of carbonyl (C=O) groups is 1. The smallest absolute Gasteiger partial charge is 0.233 e. The first-order valence-corrected chi connectivity index (χ1v) is 7.11. The van der Waals surface area contributed by atoms with Crippen LogP contribution in [0.2, 0.25) is 0 Å². The van der Waals surface area contributed by atoms with Gasteiger partial charge in [0.15, 0.2) is 0 Å². The normalized spacial score (nSPS) is 25.2. The van der Waals surface area contributed by atoms with Gasteiger partial charge in [0.25, 0.3) is 0 Å². The first-order valence-electron chi connectivity index (χ1n) is 7.11. The van der Waals surface area contributed by atoms with E-state index in [-0.39, 0.29) is 5.91 Å². The average Bonchev–Trinajstić information content (AvgIpc) is 2.40. The lowest BCUT2D eigenvalue weighted by molar-refractivity contribution is -0.122. The Balaban J connectivity index is 1.71. The van der Waals surface area contributed by atoms with Gasteiger partial charge in [-0.1, -0.05) is 0 Å². The molecule has 0 saturated carbocycles. The summed E-state index contributed by atoms with van der Waals surface area (Å²) >= 11 is 0. The molecule has 2 fully saturated rings. The van der Waals surface area contributed by atoms with Crippen LogP contribution in [-0.2, 0) is 4.79 Å². The zero-order valence-electron chi connectivity index (χ0n) is 11.4. The maximum absolute atomic E-state index is 11.3. The van der Waals surface area contributed by atoms with Gasteiger partial charge in [0.05, 0.1) is 6.54 Å². The van der Waals surface area contributed by atoms with E-state index >= 15 is 0 Å². The maximum atomic E-state index is 11.3. The van der Waals surface area contributed by atoms with E-state index in [1.807, 2.05) is 0 Å². The number of nitrogens with one attached hydrogen (secondary N) is 1. The van der Waals surface area contributed by atoms with Gasteiger partial charge in [0.1, 0.15) is 0 Å². The van der Waals surface area contributed by atoms with Crippen molar-refractivity contribution in [2.75, 3.05) is 39.8 Å². The van der Waals surface area contributed by atoms with Crippen LogP contribution in [0, 0.1) is 0 Å². The molecule has 0 unspecified atom stereocenters. The summed E-state index contributed by atoms with van der Waals surface area (Å²) < 4.78 is 0. The minimum Gasteiger partial charge on any atom is -0.358 e. The maximum Gasteiger partial charge on any atom is 0.233 e. The van der Waals surface area contributed by atoms with Crippen molar-refractivity contribution in [3.05, 3.63) is 0 Å². The fraction of sp³-hybridized carbons (Fsp3) is 0.923. The van der Waals surface area contributed by atoms with E-state index in [0.29, 0.717) is 18.6 Å². The van der Waals surface area contributed by atoms with Crippen LogP contribution < -0.4 is 11.1 Å². The monoisotopic (exact) mass is 254 g/mol. The summed E-state index contributed by atoms with van der Waals surface area (Å²) in [7, 11) is 1.70. The topological polar surface area (TPSA) is 61.6 Å². The van der Waals surface area contributed by atoms with E-state index in [1.165, 1.54) is 12.8 Å². The summed E-state index contributed by atoms with van der Waals surface area (Å²) in [6.07, 6.45) is 4.65. The van der Waals surface area contributed by atoms with Crippen molar-refractivity contribution >= 4 is 5.91 Å². The van der Waals surface area contributed by atoms with Crippen LogP contribution >= 0.6 is 0 Å². The highest BCUT2D eigenvalue weighted by Gasteiger charge is 2.27. The highest BCUT2D eigenvalue weighted by molar-refractivity contribution is 5.77. The molecule has 18 heavy (non-hydrogen) atoms. The number of nitrogens with two attached hydrogens (primary N) is 1. The molecule has 104 valence electrons. The van der Waals surface area contributed by atoms with Gasteiger partial charge in [-0.2, -0.15) is 0 Å². The Bertz CT molecular complexity index is 268. The van der Waals surface area contributed by atoms with Gasteiger partial charge >= 0.3 is 0 Å². The minimum absolute atomic E-state index is 0.123. The Morgan fingerprint density at radius 2 is 1.78 bits per heavy atom. The molecular weight excluding hydrogens is 228 g/mol. The van der Waals surface area contributed by atoms with Crippen LogP contribution in [0.4, 0.5) is 0 Å². The fourth-order valence-electron chi connectivity index (χ4n) is 3.01. The highest BCUT2D eigenvalue weighted by Crippen LogP contribution is 2.20. The number of hydrogen-bond acceptors (Lipinski definition) is 4. The largest absolute Gasteiger partial charge is 0.358 e. The van der Waals surface area contributed by atoms with E-state index < -0.39 is 0 Å². The summed E-state index contributed by atoms with van der Waals surface area (Å²) in [6, 6.07) is 1.12. The van der Waals surface area contributed by atoms with Crippen molar-refractivity contribution in [2.45, 2.75) is 37.8 Å². The first-order chi connectivity index (χ1) is 8.69. The Labute approximate surface area is 110 Å². The molecule has 0 aromatic rings. The third-order valence-corrected chi connectivity index (χ3v) is 4.29. The molecule has 0 radical (unpaired) electrons. The molecule has 2 rings (SSSR count). The summed E-state index contributed by atoms with van der Waals surface area (Å²) in [4.78, 5) is 16.2. The lowest BCUT2D eigenvalue weighted by Gasteiger charge is -2.41. The molecule has 0 aromatic carbocycles. The molecular formula is C13H26N4O. The van der Waals surface area contributed by atoms with Gasteiger partial charge in [-0.25, -0.2) is 0 Å². The number of nitrogens with zero attached hydrogens (tertiary/aromatic N) is 2. The fourth-order valence-corrected chi connectivity index (χ4v) is 3.01. The summed E-state index contributed by atoms with van der Waals surface area (Å²) in [5.41, 5.74) is 5.94. The van der Waals surface area contributed by atoms with Gasteiger partial charge in [0, 0.05) is 32.2 Å². The molecule has 3 N–H and O–H groups in total. The number of likely N-dealkylation sites (tertiary alicyclic amines) is 2. The molecule has 0 spiro atoms. The third-order valence-electron chi connectivity index (χ3n) is 4.29. The van der Waals surface area contributed by atoms with E-state index in [4.69, 9.17) is 5.73 Å². The molecule has 1 amide bonds. The van der Waals surface area contributed by atoms with E-state index in [2.05, 4.69) is 15.1 Å². The molecule has 0 atom stereocenters. The SMILES string of the molecule is CNC(=O)CN1CCC(N2CCC(N)CC2)CC1. The van der Waals surface area contributed by atoms with Gasteiger partial charge in [-0.05, 0) is 38.8 Å². The van der Waals surface area contributed by atoms with Crippen molar-refractivity contribution in [2.24, 2.45) is 5.73 Å². The number of amides is 1. The van der Waals surface area contributed by atoms with Crippen LogP contribution in [0.25, 0.3) is 0 Å². The van der Waals surface area contributed by atoms with E-state index in [0.717, 1.165) is 39.0 Å². The second kappa shape index (κ2) is 6.50. The molecule has 2 aliphatic rings. The third kappa shape index (κ3) is 3.67. The number of likely N-dealkylation sites (N-methyl/N-ethyl adjacent to an activating group) is 1. The number of carbonyl (C=O) groups excluding carboxylic acids is 1. The Hall–Kier alpha value is -0.650. The van der Waals surface area contributed by atoms with Gasteiger partial charge in [-0.15, -0.1) is 0 Å². The first kappa shape index (κ1) is 13.8. The van der Waals surface area contributed by atoms with E-state index in [1.54, 1.807) is 7.05 Å². The predicted octanol–water partition coefficient (Wildman–Crippen LogP) is -0.380. The average molecular weight is 254 g/mol. The van der Waals surface area contributed by atoms with Gasteiger partial charge < -0.3 is 16.0 Å². The summed E-state index contributed by atoms with van der Waals surface area (Å²) in [5.74, 6) is 0.123. The number of hydrogen-bond donors (Lipinski definition) is 2. The van der Waals surface area contributed by atoms with Crippen LogP contribution in [0.5, 0.6) is 0 Å². The molecule has 5 heteroatoms. The molecule has 5 nitrogen and oxygen atoms in total. The van der Waals surface area contributed by atoms with Crippen LogP contribution in [-0.4, -0.2) is 67.6 Å². The lowest BCUT2D eigenvalue weighted by Crippen LogP contribution is -2.50. The van der Waals surface area contributed by atoms with E-state index in [9.17, 15) is 4.79 Å². The van der Waals surface area contributed by atoms with Crippen molar-refractivity contribution in [1.82, 2.24) is 15.1 Å². The molecule has 2 saturated heterocycles. The van der Waals surface area contributed by atoms with Crippen molar-refractivity contribution in [3.8, 4) is 0 Å². The lowest BCUT2D eigenvalue weighted by atomic mass is 9.98. The van der Waals surface area contributed by atoms with Crippen LogP contribution in [0.1, 0.15) is 25.7 Å². The second-order valence-corrected chi connectivity index (χ2v) is 5.55. The Morgan fingerprint density at radius 3 is 2.33 bits per heavy atom. The number of rotatable bonds is 3. The zero-order chi connectivity index (χ0) is 13.0. The number of piperidine rings is 2. The van der Waals surface area contributed by atoms with Crippen LogP contribution in [0.15, 0.2) is 0 Å². The van der Waals surface area contributed by atoms with Gasteiger partial charge in [-0.3, -0.25) is 9.69 Å². The Kier molecular flexibility index (Phi) is 4.97. The van der Waals surface area contributed by atoms with Crippen molar-refractivity contribution in [1.29, 1.82) is 0 Å². The molecule has 0 bridgehead atoms. The minimum atomic E-state index is 0.123. The molecule has 0 aliphatic carbocycles.